The Morgan fingerprint density at radius 2 is 2.00 bits per heavy atom. The van der Waals surface area contributed by atoms with Crippen LogP contribution in [-0.4, -0.2) is 5.33 Å². The first-order valence-electron chi connectivity index (χ1n) is 4.81. The molecule has 3 heteroatoms. The molecule has 0 saturated carbocycles. The van der Waals surface area contributed by atoms with Gasteiger partial charge in [-0.15, -0.1) is 0 Å². The van der Waals surface area contributed by atoms with Gasteiger partial charge in [0.2, 0.25) is 0 Å². The second-order valence-corrected chi connectivity index (χ2v) is 4.09. The summed E-state index contributed by atoms with van der Waals surface area (Å²) in [5.74, 6) is 1.27. The largest absolute Gasteiger partial charge is 0.441 e. The molecule has 15 heavy (non-hydrogen) atoms. The van der Waals surface area contributed by atoms with Crippen LogP contribution in [0.15, 0.2) is 42.3 Å². The number of fused-ring (bicyclic) bond motifs is 1. The molecule has 0 atom stereocenters. The Balaban J connectivity index is 2.46. The average Bonchev–Trinajstić information content (AvgIpc) is 2.39. The van der Waals surface area contributed by atoms with Crippen LogP contribution in [0, 0.1) is 0 Å². The molecular weight excluding hydrogens is 254 g/mol. The molecule has 0 spiro atoms. The van der Waals surface area contributed by atoms with Crippen molar-refractivity contribution in [2.45, 2.75) is 6.42 Å². The Morgan fingerprint density at radius 1 is 1.20 bits per heavy atom. The highest BCUT2D eigenvalue weighted by Gasteiger charge is 2.11. The van der Waals surface area contributed by atoms with E-state index in [1.165, 1.54) is 5.57 Å². The zero-order chi connectivity index (χ0) is 10.7. The molecule has 78 valence electrons. The highest BCUT2D eigenvalue weighted by molar-refractivity contribution is 9.09. The van der Waals surface area contributed by atoms with Gasteiger partial charge in [0.15, 0.2) is 5.88 Å². The lowest BCUT2D eigenvalue weighted by atomic mass is 10.0. The van der Waals surface area contributed by atoms with E-state index in [2.05, 4.69) is 22.0 Å². The molecule has 0 aliphatic carbocycles. The molecule has 0 aromatic heterocycles. The molecule has 2 N–H and O–H groups in total. The molecular formula is C12H12BrNO. The molecule has 1 aliphatic rings. The first kappa shape index (κ1) is 10.3. The van der Waals surface area contributed by atoms with Gasteiger partial charge < -0.3 is 10.5 Å². The van der Waals surface area contributed by atoms with E-state index >= 15 is 0 Å². The van der Waals surface area contributed by atoms with E-state index < -0.39 is 0 Å². The lowest BCUT2D eigenvalue weighted by Crippen LogP contribution is -2.04. The van der Waals surface area contributed by atoms with Gasteiger partial charge in [-0.25, -0.2) is 0 Å². The number of allylic oxidation sites excluding steroid dienone is 3. The zero-order valence-electron chi connectivity index (χ0n) is 8.24. The zero-order valence-corrected chi connectivity index (χ0v) is 9.83. The van der Waals surface area contributed by atoms with Crippen molar-refractivity contribution in [2.75, 3.05) is 5.33 Å². The van der Waals surface area contributed by atoms with Gasteiger partial charge in [-0.1, -0.05) is 40.2 Å². The maximum absolute atomic E-state index is 5.69. The summed E-state index contributed by atoms with van der Waals surface area (Å²) in [5, 5.41) is 0.931. The van der Waals surface area contributed by atoms with Gasteiger partial charge in [-0.05, 0) is 24.1 Å². The van der Waals surface area contributed by atoms with Crippen molar-refractivity contribution in [2.24, 2.45) is 5.73 Å². The minimum absolute atomic E-state index is 0.437. The van der Waals surface area contributed by atoms with Crippen LogP contribution in [0.3, 0.4) is 0 Å². The molecule has 1 aliphatic heterocycles. The normalized spacial score (nSPS) is 14.5. The van der Waals surface area contributed by atoms with E-state index in [0.29, 0.717) is 5.88 Å². The molecule has 0 unspecified atom stereocenters. The quantitative estimate of drug-likeness (QED) is 0.835. The summed E-state index contributed by atoms with van der Waals surface area (Å²) in [7, 11) is 0. The standard InChI is InChI=1S/C12H12BrNO/c13-8-7-9-5-6-12(14)15-11-4-2-1-3-10(9)11/h1-6H,7-8,14H2. The van der Waals surface area contributed by atoms with Crippen LogP contribution >= 0.6 is 15.9 Å². The SMILES string of the molecule is NC1=CC=C(CCBr)c2ccccc2O1. The van der Waals surface area contributed by atoms with Crippen molar-refractivity contribution in [1.82, 2.24) is 0 Å². The van der Waals surface area contributed by atoms with Crippen LogP contribution < -0.4 is 10.5 Å². The van der Waals surface area contributed by atoms with Crippen LogP contribution in [0.4, 0.5) is 0 Å². The van der Waals surface area contributed by atoms with Crippen molar-refractivity contribution in [3.8, 4) is 5.75 Å². The molecule has 0 saturated heterocycles. The second-order valence-electron chi connectivity index (χ2n) is 3.30. The lowest BCUT2D eigenvalue weighted by molar-refractivity contribution is 0.420. The summed E-state index contributed by atoms with van der Waals surface area (Å²) in [5.41, 5.74) is 8.05. The van der Waals surface area contributed by atoms with Crippen molar-refractivity contribution in [3.05, 3.63) is 47.9 Å². The third kappa shape index (κ3) is 2.23. The predicted octanol–water partition coefficient (Wildman–Crippen LogP) is 3.05. The van der Waals surface area contributed by atoms with Gasteiger partial charge in [0.1, 0.15) is 5.75 Å². The summed E-state index contributed by atoms with van der Waals surface area (Å²) in [6.07, 6.45) is 4.78. The van der Waals surface area contributed by atoms with Gasteiger partial charge >= 0.3 is 0 Å². The smallest absolute Gasteiger partial charge is 0.190 e. The van der Waals surface area contributed by atoms with Gasteiger partial charge in [-0.3, -0.25) is 0 Å². The molecule has 2 nitrogen and oxygen atoms in total. The fraction of sp³-hybridized carbons (Fsp3) is 0.167. The van der Waals surface area contributed by atoms with Crippen LogP contribution in [-0.2, 0) is 0 Å². The van der Waals surface area contributed by atoms with Crippen LogP contribution in [0.2, 0.25) is 0 Å². The summed E-state index contributed by atoms with van der Waals surface area (Å²) in [6.45, 7) is 0. The van der Waals surface area contributed by atoms with Gasteiger partial charge in [-0.2, -0.15) is 0 Å². The minimum Gasteiger partial charge on any atom is -0.441 e. The molecule has 0 radical (unpaired) electrons. The molecule has 0 fully saturated rings. The van der Waals surface area contributed by atoms with Crippen LogP contribution in [0.1, 0.15) is 12.0 Å². The first-order chi connectivity index (χ1) is 7.31. The van der Waals surface area contributed by atoms with Crippen molar-refractivity contribution < 1.29 is 4.74 Å². The number of benzene rings is 1. The fourth-order valence-electron chi connectivity index (χ4n) is 1.57. The molecule has 1 heterocycles. The van der Waals surface area contributed by atoms with Gasteiger partial charge in [0.05, 0.1) is 0 Å². The topological polar surface area (TPSA) is 35.2 Å². The number of alkyl halides is 1. The maximum atomic E-state index is 5.69. The summed E-state index contributed by atoms with van der Waals surface area (Å²) in [6, 6.07) is 7.94. The number of ether oxygens (including phenoxy) is 1. The Kier molecular flexibility index (Phi) is 3.11. The average molecular weight is 266 g/mol. The van der Waals surface area contributed by atoms with E-state index in [9.17, 15) is 0 Å². The molecule has 0 bridgehead atoms. The Morgan fingerprint density at radius 3 is 2.80 bits per heavy atom. The molecule has 2 rings (SSSR count). The van der Waals surface area contributed by atoms with Gasteiger partial charge in [0.25, 0.3) is 0 Å². The van der Waals surface area contributed by atoms with Crippen molar-refractivity contribution in [1.29, 1.82) is 0 Å². The number of hydrogen-bond donors (Lipinski definition) is 1. The van der Waals surface area contributed by atoms with E-state index in [4.69, 9.17) is 10.5 Å². The van der Waals surface area contributed by atoms with Crippen molar-refractivity contribution in [3.63, 3.8) is 0 Å². The summed E-state index contributed by atoms with van der Waals surface area (Å²) < 4.78 is 5.50. The van der Waals surface area contributed by atoms with E-state index in [-0.39, 0.29) is 0 Å². The third-order valence-corrected chi connectivity index (χ3v) is 2.67. The number of halogens is 1. The fourth-order valence-corrected chi connectivity index (χ4v) is 2.00. The van der Waals surface area contributed by atoms with Crippen LogP contribution in [0.5, 0.6) is 5.75 Å². The highest BCUT2D eigenvalue weighted by atomic mass is 79.9. The van der Waals surface area contributed by atoms with E-state index in [1.54, 1.807) is 6.08 Å². The number of para-hydroxylation sites is 1. The Hall–Kier alpha value is -1.22. The first-order valence-corrected chi connectivity index (χ1v) is 5.93. The van der Waals surface area contributed by atoms with Crippen LogP contribution in [0.25, 0.3) is 5.57 Å². The maximum Gasteiger partial charge on any atom is 0.190 e. The second kappa shape index (κ2) is 4.53. The highest BCUT2D eigenvalue weighted by Crippen LogP contribution is 2.31. The van der Waals surface area contributed by atoms with E-state index in [0.717, 1.165) is 23.1 Å². The number of hydrogen-bond acceptors (Lipinski definition) is 2. The molecule has 0 amide bonds. The Labute approximate surface area is 97.6 Å². The molecule has 1 aromatic rings. The predicted molar refractivity (Wildman–Crippen MR) is 65.7 cm³/mol. The monoisotopic (exact) mass is 265 g/mol. The minimum atomic E-state index is 0.437. The summed E-state index contributed by atoms with van der Waals surface area (Å²) in [4.78, 5) is 0. The number of nitrogens with two attached hydrogens (primary N) is 1. The molecule has 1 aromatic carbocycles. The van der Waals surface area contributed by atoms with E-state index in [1.807, 2.05) is 24.3 Å². The lowest BCUT2D eigenvalue weighted by Gasteiger charge is -2.09. The Bertz CT molecular complexity index is 423. The van der Waals surface area contributed by atoms with Crippen molar-refractivity contribution >= 4 is 21.5 Å². The third-order valence-electron chi connectivity index (χ3n) is 2.27. The summed E-state index contributed by atoms with van der Waals surface area (Å²) >= 11 is 3.44. The van der Waals surface area contributed by atoms with Gasteiger partial charge in [0, 0.05) is 10.9 Å². The number of rotatable bonds is 2.